The molecule has 0 fully saturated rings. The third-order valence-electron chi connectivity index (χ3n) is 2.89. The van der Waals surface area contributed by atoms with Crippen LogP contribution in [0.15, 0.2) is 42.5 Å². The van der Waals surface area contributed by atoms with Crippen LogP contribution < -0.4 is 4.74 Å². The van der Waals surface area contributed by atoms with Gasteiger partial charge in [0.05, 0.1) is 7.11 Å². The molecule has 0 amide bonds. The normalized spacial score (nSPS) is 10.7. The Morgan fingerprint density at radius 1 is 1.14 bits per heavy atom. The minimum atomic E-state index is -0.385. The van der Waals surface area contributed by atoms with Crippen LogP contribution in [0.1, 0.15) is 15.9 Å². The second-order valence-corrected chi connectivity index (χ2v) is 4.30. The number of rotatable bonds is 4. The predicted octanol–water partition coefficient (Wildman–Crippen LogP) is 2.71. The third-order valence-corrected chi connectivity index (χ3v) is 2.89. The van der Waals surface area contributed by atoms with Crippen LogP contribution in [0.25, 0.3) is 6.08 Å². The molecule has 0 bridgehead atoms. The first-order valence-electron chi connectivity index (χ1n) is 6.13. The Balaban J connectivity index is 2.29. The maximum Gasteiger partial charge on any atom is 0.201 e. The molecule has 2 aromatic carbocycles. The SMILES string of the molecule is COc1c(/C=C/C(=O)c2cccc(O)c2)ccc(O)c1O. The molecular weight excluding hydrogens is 272 g/mol. The highest BCUT2D eigenvalue weighted by molar-refractivity contribution is 6.07. The Kier molecular flexibility index (Phi) is 4.13. The van der Waals surface area contributed by atoms with Gasteiger partial charge in [0.25, 0.3) is 0 Å². The van der Waals surface area contributed by atoms with E-state index in [2.05, 4.69) is 0 Å². The summed E-state index contributed by atoms with van der Waals surface area (Å²) in [6.45, 7) is 0. The molecule has 0 saturated heterocycles. The summed E-state index contributed by atoms with van der Waals surface area (Å²) in [6.07, 6.45) is 2.76. The summed E-state index contributed by atoms with van der Waals surface area (Å²) >= 11 is 0. The van der Waals surface area contributed by atoms with E-state index in [0.29, 0.717) is 11.1 Å². The molecule has 0 heterocycles. The highest BCUT2D eigenvalue weighted by Crippen LogP contribution is 2.38. The Morgan fingerprint density at radius 3 is 2.57 bits per heavy atom. The molecule has 3 N–H and O–H groups in total. The third kappa shape index (κ3) is 3.14. The number of hydrogen-bond acceptors (Lipinski definition) is 5. The molecule has 0 atom stereocenters. The first-order valence-corrected chi connectivity index (χ1v) is 6.13. The zero-order valence-electron chi connectivity index (χ0n) is 11.3. The van der Waals surface area contributed by atoms with Crippen molar-refractivity contribution in [3.05, 3.63) is 53.6 Å². The molecule has 0 unspecified atom stereocenters. The van der Waals surface area contributed by atoms with Crippen molar-refractivity contribution < 1.29 is 24.9 Å². The maximum atomic E-state index is 12.0. The fourth-order valence-electron chi connectivity index (χ4n) is 1.84. The molecule has 2 rings (SSSR count). The molecule has 21 heavy (non-hydrogen) atoms. The average Bonchev–Trinajstić information content (AvgIpc) is 2.48. The van der Waals surface area contributed by atoms with E-state index in [0.717, 1.165) is 0 Å². The maximum absolute atomic E-state index is 12.0. The molecule has 0 aliphatic carbocycles. The highest BCUT2D eigenvalue weighted by atomic mass is 16.5. The molecule has 0 spiro atoms. The van der Waals surface area contributed by atoms with Crippen LogP contribution in [0.2, 0.25) is 0 Å². The number of allylic oxidation sites excluding steroid dienone is 1. The summed E-state index contributed by atoms with van der Waals surface area (Å²) in [5, 5.41) is 28.4. The number of ketones is 1. The van der Waals surface area contributed by atoms with Crippen molar-refractivity contribution in [3.8, 4) is 23.0 Å². The first-order chi connectivity index (χ1) is 10.0. The van der Waals surface area contributed by atoms with E-state index in [1.54, 1.807) is 12.1 Å². The summed E-state index contributed by atoms with van der Waals surface area (Å²) in [5.41, 5.74) is 0.787. The molecule has 0 aromatic heterocycles. The van der Waals surface area contributed by atoms with Gasteiger partial charge in [0.2, 0.25) is 5.75 Å². The second-order valence-electron chi connectivity index (χ2n) is 4.30. The number of carbonyl (C=O) groups is 1. The number of carbonyl (C=O) groups excluding carboxylic acids is 1. The van der Waals surface area contributed by atoms with E-state index >= 15 is 0 Å². The van der Waals surface area contributed by atoms with Crippen LogP contribution in [-0.2, 0) is 0 Å². The van der Waals surface area contributed by atoms with Crippen LogP contribution in [-0.4, -0.2) is 28.2 Å². The summed E-state index contributed by atoms with van der Waals surface area (Å²) in [5.74, 6) is -0.905. The van der Waals surface area contributed by atoms with Crippen LogP contribution in [0, 0.1) is 0 Å². The van der Waals surface area contributed by atoms with Gasteiger partial charge in [-0.2, -0.15) is 0 Å². The van der Waals surface area contributed by atoms with Crippen LogP contribution >= 0.6 is 0 Å². The molecule has 0 radical (unpaired) electrons. The van der Waals surface area contributed by atoms with Crippen molar-refractivity contribution in [2.75, 3.05) is 7.11 Å². The van der Waals surface area contributed by atoms with Crippen molar-refractivity contribution in [1.29, 1.82) is 0 Å². The summed E-state index contributed by atoms with van der Waals surface area (Å²) in [6, 6.07) is 8.80. The van der Waals surface area contributed by atoms with Gasteiger partial charge in [0, 0.05) is 11.1 Å². The van der Waals surface area contributed by atoms with Gasteiger partial charge in [-0.3, -0.25) is 4.79 Å². The summed E-state index contributed by atoms with van der Waals surface area (Å²) in [7, 11) is 1.35. The molecule has 5 nitrogen and oxygen atoms in total. The zero-order valence-corrected chi connectivity index (χ0v) is 11.3. The van der Waals surface area contributed by atoms with Gasteiger partial charge in [-0.1, -0.05) is 12.1 Å². The largest absolute Gasteiger partial charge is 0.508 e. The van der Waals surface area contributed by atoms with Crippen LogP contribution in [0.5, 0.6) is 23.0 Å². The highest BCUT2D eigenvalue weighted by Gasteiger charge is 2.11. The molecule has 5 heteroatoms. The average molecular weight is 286 g/mol. The van der Waals surface area contributed by atoms with E-state index in [1.165, 1.54) is 43.5 Å². The number of benzene rings is 2. The topological polar surface area (TPSA) is 87.0 Å². The Hall–Kier alpha value is -2.95. The molecule has 0 saturated carbocycles. The summed E-state index contributed by atoms with van der Waals surface area (Å²) in [4.78, 5) is 12.0. The lowest BCUT2D eigenvalue weighted by molar-refractivity contribution is 0.104. The predicted molar refractivity (Wildman–Crippen MR) is 77.8 cm³/mol. The Labute approximate surface area is 121 Å². The van der Waals surface area contributed by atoms with Crippen LogP contribution in [0.3, 0.4) is 0 Å². The Bertz CT molecular complexity index is 704. The Morgan fingerprint density at radius 2 is 1.90 bits per heavy atom. The van der Waals surface area contributed by atoms with Gasteiger partial charge in [-0.05, 0) is 36.4 Å². The number of phenols is 3. The standard InChI is InChI=1S/C16H14O5/c1-21-16-10(6-8-14(19)15(16)20)5-7-13(18)11-3-2-4-12(17)9-11/h2-9,17,19-20H,1H3/b7-5+. The van der Waals surface area contributed by atoms with Crippen molar-refractivity contribution in [3.63, 3.8) is 0 Å². The van der Waals surface area contributed by atoms with Gasteiger partial charge in [-0.15, -0.1) is 0 Å². The monoisotopic (exact) mass is 286 g/mol. The van der Waals surface area contributed by atoms with Gasteiger partial charge >= 0.3 is 0 Å². The van der Waals surface area contributed by atoms with E-state index in [4.69, 9.17) is 4.74 Å². The lowest BCUT2D eigenvalue weighted by atomic mass is 10.1. The molecule has 0 aliphatic rings. The number of hydrogen-bond donors (Lipinski definition) is 3. The quantitative estimate of drug-likeness (QED) is 0.457. The van der Waals surface area contributed by atoms with Gasteiger partial charge in [0.1, 0.15) is 5.75 Å². The van der Waals surface area contributed by atoms with Gasteiger partial charge in [-0.25, -0.2) is 0 Å². The number of ether oxygens (including phenoxy) is 1. The second kappa shape index (κ2) is 6.00. The number of phenolic OH excluding ortho intramolecular Hbond substituents is 3. The van der Waals surface area contributed by atoms with E-state index in [1.807, 2.05) is 0 Å². The molecule has 2 aromatic rings. The minimum Gasteiger partial charge on any atom is -0.508 e. The van der Waals surface area contributed by atoms with Crippen molar-refractivity contribution >= 4 is 11.9 Å². The van der Waals surface area contributed by atoms with Gasteiger partial charge in [0.15, 0.2) is 17.3 Å². The lowest BCUT2D eigenvalue weighted by Crippen LogP contribution is -1.94. The lowest BCUT2D eigenvalue weighted by Gasteiger charge is -2.08. The van der Waals surface area contributed by atoms with Crippen LogP contribution in [0.4, 0.5) is 0 Å². The molecular formula is C16H14O5. The minimum absolute atomic E-state index is 0.00843. The first kappa shape index (κ1) is 14.5. The number of aromatic hydroxyl groups is 3. The van der Waals surface area contributed by atoms with Gasteiger partial charge < -0.3 is 20.1 Å². The zero-order chi connectivity index (χ0) is 15.4. The smallest absolute Gasteiger partial charge is 0.201 e. The van der Waals surface area contributed by atoms with E-state index < -0.39 is 0 Å². The van der Waals surface area contributed by atoms with Crippen molar-refractivity contribution in [2.45, 2.75) is 0 Å². The van der Waals surface area contributed by atoms with E-state index in [-0.39, 0.29) is 28.8 Å². The fraction of sp³-hybridized carbons (Fsp3) is 0.0625. The van der Waals surface area contributed by atoms with E-state index in [9.17, 15) is 20.1 Å². The molecule has 0 aliphatic heterocycles. The van der Waals surface area contributed by atoms with Crippen molar-refractivity contribution in [1.82, 2.24) is 0 Å². The van der Waals surface area contributed by atoms with Crippen molar-refractivity contribution in [2.24, 2.45) is 0 Å². The molecule has 108 valence electrons. The fourth-order valence-corrected chi connectivity index (χ4v) is 1.84. The summed E-state index contributed by atoms with van der Waals surface area (Å²) < 4.78 is 5.00. The number of methoxy groups -OCH3 is 1.